The molecule has 2 heterocycles. The first kappa shape index (κ1) is 20.2. The summed E-state index contributed by atoms with van der Waals surface area (Å²) in [5, 5.41) is 10.0. The van der Waals surface area contributed by atoms with E-state index in [0.29, 0.717) is 5.02 Å². The smallest absolute Gasteiger partial charge is 0.235 e. The molecule has 1 fully saturated rings. The summed E-state index contributed by atoms with van der Waals surface area (Å²) in [6.07, 6.45) is 2.18. The van der Waals surface area contributed by atoms with E-state index in [1.165, 1.54) is 11.8 Å². The van der Waals surface area contributed by atoms with Gasteiger partial charge in [0, 0.05) is 23.8 Å². The molecule has 0 bridgehead atoms. The molecule has 146 valence electrons. The number of hydrogen-bond acceptors (Lipinski definition) is 5. The first-order valence-electron chi connectivity index (χ1n) is 9.21. The van der Waals surface area contributed by atoms with Crippen LogP contribution in [0.25, 0.3) is 5.69 Å². The molecular formula is C19H26ClN5OS. The average Bonchev–Trinajstić information content (AvgIpc) is 3.31. The molecule has 2 unspecified atom stereocenters. The van der Waals surface area contributed by atoms with Crippen LogP contribution in [0.4, 0.5) is 0 Å². The van der Waals surface area contributed by atoms with Gasteiger partial charge in [-0.15, -0.1) is 10.2 Å². The first-order chi connectivity index (χ1) is 12.9. The van der Waals surface area contributed by atoms with E-state index in [0.717, 1.165) is 42.6 Å². The first-order valence-corrected chi connectivity index (χ1v) is 10.5. The summed E-state index contributed by atoms with van der Waals surface area (Å²) in [7, 11) is 4.02. The second kappa shape index (κ2) is 8.63. The van der Waals surface area contributed by atoms with Gasteiger partial charge in [0.2, 0.25) is 5.91 Å². The molecule has 0 aliphatic carbocycles. The maximum atomic E-state index is 12.7. The lowest BCUT2D eigenvalue weighted by Gasteiger charge is -2.22. The summed E-state index contributed by atoms with van der Waals surface area (Å²) in [5.41, 5.74) is 0.941. The Balaban J connectivity index is 1.92. The monoisotopic (exact) mass is 407 g/mol. The molecule has 2 aromatic rings. The fraction of sp³-hybridized carbons (Fsp3) is 0.526. The number of halogens is 1. The summed E-state index contributed by atoms with van der Waals surface area (Å²) in [6.45, 7) is 5.75. The van der Waals surface area contributed by atoms with Crippen molar-refractivity contribution in [3.05, 3.63) is 35.1 Å². The molecule has 27 heavy (non-hydrogen) atoms. The van der Waals surface area contributed by atoms with Crippen LogP contribution in [0.2, 0.25) is 5.02 Å². The van der Waals surface area contributed by atoms with Crippen molar-refractivity contribution in [1.82, 2.24) is 24.6 Å². The minimum atomic E-state index is -0.208. The Morgan fingerprint density at radius 2 is 1.78 bits per heavy atom. The molecule has 1 aliphatic rings. The van der Waals surface area contributed by atoms with Crippen LogP contribution in [0.3, 0.4) is 0 Å². The third-order valence-corrected chi connectivity index (χ3v) is 6.22. The summed E-state index contributed by atoms with van der Waals surface area (Å²) in [5.74, 6) is 1.01. The Morgan fingerprint density at radius 3 is 2.37 bits per heavy atom. The number of hydrogen-bond donors (Lipinski definition) is 0. The highest BCUT2D eigenvalue weighted by Crippen LogP contribution is 2.30. The van der Waals surface area contributed by atoms with Crippen LogP contribution in [0.15, 0.2) is 29.4 Å². The summed E-state index contributed by atoms with van der Waals surface area (Å²) >= 11 is 7.52. The van der Waals surface area contributed by atoms with Crippen molar-refractivity contribution in [1.29, 1.82) is 0 Å². The zero-order valence-electron chi connectivity index (χ0n) is 16.2. The number of carbonyl (C=O) groups is 1. The van der Waals surface area contributed by atoms with E-state index in [9.17, 15) is 4.79 Å². The molecule has 1 aliphatic heterocycles. The van der Waals surface area contributed by atoms with Crippen molar-refractivity contribution in [3.8, 4) is 5.69 Å². The fourth-order valence-corrected chi connectivity index (χ4v) is 4.18. The zero-order valence-corrected chi connectivity index (χ0v) is 17.8. The molecular weight excluding hydrogens is 382 g/mol. The van der Waals surface area contributed by atoms with Crippen LogP contribution in [-0.2, 0) is 4.79 Å². The lowest BCUT2D eigenvalue weighted by molar-refractivity contribution is -0.129. The number of aromatic nitrogens is 3. The quantitative estimate of drug-likeness (QED) is 0.684. The second-order valence-electron chi connectivity index (χ2n) is 7.08. The van der Waals surface area contributed by atoms with Gasteiger partial charge in [-0.1, -0.05) is 23.4 Å². The third-order valence-electron chi connectivity index (χ3n) is 4.94. The van der Waals surface area contributed by atoms with Crippen LogP contribution in [0.5, 0.6) is 0 Å². The van der Waals surface area contributed by atoms with Crippen molar-refractivity contribution >= 4 is 29.3 Å². The second-order valence-corrected chi connectivity index (χ2v) is 8.83. The number of nitrogens with zero attached hydrogens (tertiary/aromatic N) is 5. The average molecular weight is 408 g/mol. The largest absolute Gasteiger partial charge is 0.342 e. The number of likely N-dealkylation sites (tertiary alicyclic amines) is 1. The Labute approximate surface area is 169 Å². The SMILES string of the molecule is CC(Sc1nnc(C(C)N(C)C)n1-c1ccc(Cl)cc1)C(=O)N1CCCC1. The standard InChI is InChI=1S/C19H26ClN5OS/c1-13(23(3)4)17-21-22-19(25(17)16-9-7-15(20)8-10-16)27-14(2)18(26)24-11-5-6-12-24/h7-10,13-14H,5-6,11-12H2,1-4H3. The van der Waals surface area contributed by atoms with Crippen molar-refractivity contribution < 1.29 is 4.79 Å². The van der Waals surface area contributed by atoms with Gasteiger partial charge in [0.25, 0.3) is 0 Å². The molecule has 8 heteroatoms. The van der Waals surface area contributed by atoms with Gasteiger partial charge >= 0.3 is 0 Å². The molecule has 3 rings (SSSR count). The van der Waals surface area contributed by atoms with Gasteiger partial charge in [-0.25, -0.2) is 0 Å². The number of rotatable bonds is 6. The van der Waals surface area contributed by atoms with Gasteiger partial charge in [0.05, 0.1) is 11.3 Å². The predicted molar refractivity (Wildman–Crippen MR) is 110 cm³/mol. The molecule has 1 aromatic carbocycles. The lowest BCUT2D eigenvalue weighted by Crippen LogP contribution is -2.34. The summed E-state index contributed by atoms with van der Waals surface area (Å²) in [4.78, 5) is 16.7. The molecule has 0 radical (unpaired) electrons. The van der Waals surface area contributed by atoms with E-state index in [2.05, 4.69) is 22.0 Å². The Morgan fingerprint density at radius 1 is 1.15 bits per heavy atom. The molecule has 0 saturated carbocycles. The van der Waals surface area contributed by atoms with Crippen molar-refractivity contribution in [3.63, 3.8) is 0 Å². The van der Waals surface area contributed by atoms with E-state index in [-0.39, 0.29) is 17.2 Å². The number of amides is 1. The molecule has 0 spiro atoms. The zero-order chi connectivity index (χ0) is 19.6. The Hall–Kier alpha value is -1.57. The molecule has 6 nitrogen and oxygen atoms in total. The highest BCUT2D eigenvalue weighted by atomic mass is 35.5. The van der Waals surface area contributed by atoms with Crippen LogP contribution in [0.1, 0.15) is 38.6 Å². The van der Waals surface area contributed by atoms with Gasteiger partial charge in [-0.05, 0) is 65.0 Å². The lowest BCUT2D eigenvalue weighted by atomic mass is 10.2. The Bertz CT molecular complexity index is 786. The van der Waals surface area contributed by atoms with Gasteiger partial charge in [0.1, 0.15) is 0 Å². The maximum Gasteiger partial charge on any atom is 0.235 e. The van der Waals surface area contributed by atoms with E-state index in [1.807, 2.05) is 54.8 Å². The van der Waals surface area contributed by atoms with Crippen LogP contribution in [-0.4, -0.2) is 62.9 Å². The van der Waals surface area contributed by atoms with Crippen molar-refractivity contribution in [2.75, 3.05) is 27.2 Å². The molecule has 1 saturated heterocycles. The van der Waals surface area contributed by atoms with E-state index >= 15 is 0 Å². The number of benzene rings is 1. The van der Waals surface area contributed by atoms with Crippen LogP contribution in [0, 0.1) is 0 Å². The number of thioether (sulfide) groups is 1. The van der Waals surface area contributed by atoms with Gasteiger partial charge in [-0.3, -0.25) is 14.3 Å². The molecule has 1 aromatic heterocycles. The van der Waals surface area contributed by atoms with Gasteiger partial charge in [0.15, 0.2) is 11.0 Å². The molecule has 1 amide bonds. The van der Waals surface area contributed by atoms with Crippen LogP contribution < -0.4 is 0 Å². The topological polar surface area (TPSA) is 54.3 Å². The van der Waals surface area contributed by atoms with E-state index in [1.54, 1.807) is 0 Å². The molecule has 2 atom stereocenters. The van der Waals surface area contributed by atoms with Gasteiger partial charge in [-0.2, -0.15) is 0 Å². The maximum absolute atomic E-state index is 12.7. The van der Waals surface area contributed by atoms with Crippen molar-refractivity contribution in [2.24, 2.45) is 0 Å². The minimum Gasteiger partial charge on any atom is -0.342 e. The predicted octanol–water partition coefficient (Wildman–Crippen LogP) is 3.65. The van der Waals surface area contributed by atoms with Crippen molar-refractivity contribution in [2.45, 2.75) is 43.1 Å². The van der Waals surface area contributed by atoms with E-state index in [4.69, 9.17) is 11.6 Å². The van der Waals surface area contributed by atoms with Gasteiger partial charge < -0.3 is 4.90 Å². The normalized spacial score (nSPS) is 16.7. The Kier molecular flexibility index (Phi) is 6.44. The minimum absolute atomic E-state index is 0.0760. The highest BCUT2D eigenvalue weighted by Gasteiger charge is 2.27. The van der Waals surface area contributed by atoms with E-state index < -0.39 is 0 Å². The number of carbonyl (C=O) groups excluding carboxylic acids is 1. The summed E-state index contributed by atoms with van der Waals surface area (Å²) in [6, 6.07) is 7.69. The third kappa shape index (κ3) is 4.47. The fourth-order valence-electron chi connectivity index (χ4n) is 3.10. The summed E-state index contributed by atoms with van der Waals surface area (Å²) < 4.78 is 2.03. The highest BCUT2D eigenvalue weighted by molar-refractivity contribution is 8.00. The molecule has 0 N–H and O–H groups in total. The van der Waals surface area contributed by atoms with Crippen LogP contribution >= 0.6 is 23.4 Å².